The van der Waals surface area contributed by atoms with Gasteiger partial charge in [-0.3, -0.25) is 13.9 Å². The molecule has 0 aliphatic carbocycles. The molecule has 0 N–H and O–H groups in total. The van der Waals surface area contributed by atoms with Crippen molar-refractivity contribution in [2.75, 3.05) is 0 Å². The Morgan fingerprint density at radius 3 is 2.50 bits per heavy atom. The number of hydrogen-bond acceptors (Lipinski definition) is 3. The summed E-state index contributed by atoms with van der Waals surface area (Å²) in [6.45, 7) is 0.163. The minimum absolute atomic E-state index is 0.163. The number of fused-ring (bicyclic) bond motifs is 1. The first-order valence-corrected chi connectivity index (χ1v) is 6.94. The van der Waals surface area contributed by atoms with Crippen LogP contribution in [0.25, 0.3) is 10.8 Å². The van der Waals surface area contributed by atoms with Crippen LogP contribution in [0.2, 0.25) is 0 Å². The first kappa shape index (κ1) is 14.1. The molecular formula is C17H16N2O3. The molecule has 1 heterocycles. The Balaban J connectivity index is 1.96. The molecule has 22 heavy (non-hydrogen) atoms. The molecule has 1 aromatic heterocycles. The van der Waals surface area contributed by atoms with Crippen LogP contribution in [0.4, 0.5) is 0 Å². The predicted octanol–water partition coefficient (Wildman–Crippen LogP) is 1.82. The van der Waals surface area contributed by atoms with Gasteiger partial charge in [-0.1, -0.05) is 36.4 Å². The molecule has 0 amide bonds. The lowest BCUT2D eigenvalue weighted by atomic mass is 10.1. The molecular weight excluding hydrogens is 280 g/mol. The summed E-state index contributed by atoms with van der Waals surface area (Å²) in [5, 5.41) is 2.08. The number of rotatable bonds is 3. The molecule has 112 valence electrons. The standard InChI is InChI=1S/C17H16N2O3/c1-18-13(10-16(20)19(2)17(18)21)11-22-15-9-5-7-12-6-3-4-8-14(12)15/h3-10H,11H2,1-2H3. The van der Waals surface area contributed by atoms with Crippen molar-refractivity contribution in [2.45, 2.75) is 6.61 Å². The predicted molar refractivity (Wildman–Crippen MR) is 85.2 cm³/mol. The molecule has 3 rings (SSSR count). The van der Waals surface area contributed by atoms with Gasteiger partial charge in [0.05, 0.1) is 5.69 Å². The third kappa shape index (κ3) is 2.41. The Bertz CT molecular complexity index is 949. The van der Waals surface area contributed by atoms with E-state index in [9.17, 15) is 9.59 Å². The van der Waals surface area contributed by atoms with Crippen molar-refractivity contribution < 1.29 is 4.74 Å². The second-order valence-corrected chi connectivity index (χ2v) is 5.14. The maximum atomic E-state index is 11.9. The average molecular weight is 296 g/mol. The molecule has 0 unspecified atom stereocenters. The lowest BCUT2D eigenvalue weighted by molar-refractivity contribution is 0.297. The van der Waals surface area contributed by atoms with Gasteiger partial charge >= 0.3 is 5.69 Å². The third-order valence-corrected chi connectivity index (χ3v) is 3.75. The quantitative estimate of drug-likeness (QED) is 0.741. The van der Waals surface area contributed by atoms with Crippen molar-refractivity contribution in [3.63, 3.8) is 0 Å². The Labute approximate surface area is 127 Å². The van der Waals surface area contributed by atoms with E-state index in [-0.39, 0.29) is 17.9 Å². The normalized spacial score (nSPS) is 10.8. The number of benzene rings is 2. The molecule has 0 radical (unpaired) electrons. The first-order chi connectivity index (χ1) is 10.6. The van der Waals surface area contributed by atoms with Gasteiger partial charge in [-0.05, 0) is 11.5 Å². The molecule has 0 fully saturated rings. The van der Waals surface area contributed by atoms with E-state index < -0.39 is 0 Å². The summed E-state index contributed by atoms with van der Waals surface area (Å²) < 4.78 is 8.32. The van der Waals surface area contributed by atoms with E-state index in [0.717, 1.165) is 21.1 Å². The molecule has 5 heteroatoms. The van der Waals surface area contributed by atoms with Crippen LogP contribution in [0.5, 0.6) is 5.75 Å². The van der Waals surface area contributed by atoms with Gasteiger partial charge < -0.3 is 4.74 Å². The van der Waals surface area contributed by atoms with Gasteiger partial charge in [-0.15, -0.1) is 0 Å². The first-order valence-electron chi connectivity index (χ1n) is 6.94. The maximum absolute atomic E-state index is 11.9. The Morgan fingerprint density at radius 1 is 0.955 bits per heavy atom. The smallest absolute Gasteiger partial charge is 0.330 e. The highest BCUT2D eigenvalue weighted by Crippen LogP contribution is 2.25. The van der Waals surface area contributed by atoms with Crippen molar-refractivity contribution >= 4 is 10.8 Å². The van der Waals surface area contributed by atoms with E-state index in [2.05, 4.69) is 0 Å². The van der Waals surface area contributed by atoms with Crippen molar-refractivity contribution in [1.29, 1.82) is 0 Å². The number of aromatic nitrogens is 2. The molecule has 0 spiro atoms. The van der Waals surface area contributed by atoms with Gasteiger partial charge in [0, 0.05) is 25.5 Å². The SMILES string of the molecule is Cn1c(COc2cccc3ccccc23)cc(=O)n(C)c1=O. The fourth-order valence-corrected chi connectivity index (χ4v) is 2.39. The van der Waals surface area contributed by atoms with Crippen molar-refractivity contribution in [1.82, 2.24) is 9.13 Å². The van der Waals surface area contributed by atoms with Crippen LogP contribution in [0, 0.1) is 0 Å². The van der Waals surface area contributed by atoms with Crippen LogP contribution in [-0.2, 0) is 20.7 Å². The molecule has 0 saturated heterocycles. The van der Waals surface area contributed by atoms with Crippen LogP contribution in [0.1, 0.15) is 5.69 Å². The number of nitrogens with zero attached hydrogens (tertiary/aromatic N) is 2. The minimum Gasteiger partial charge on any atom is -0.487 e. The summed E-state index contributed by atoms with van der Waals surface area (Å²) in [7, 11) is 3.09. The molecule has 0 aliphatic heterocycles. The molecule has 0 bridgehead atoms. The molecule has 0 aliphatic rings. The van der Waals surface area contributed by atoms with Gasteiger partial charge in [0.1, 0.15) is 12.4 Å². The molecule has 2 aromatic carbocycles. The van der Waals surface area contributed by atoms with E-state index >= 15 is 0 Å². The van der Waals surface area contributed by atoms with Crippen LogP contribution < -0.4 is 16.0 Å². The van der Waals surface area contributed by atoms with E-state index in [1.54, 1.807) is 7.05 Å². The van der Waals surface area contributed by atoms with Crippen molar-refractivity contribution in [3.8, 4) is 5.75 Å². The summed E-state index contributed by atoms with van der Waals surface area (Å²) in [5.41, 5.74) is -0.148. The minimum atomic E-state index is -0.357. The van der Waals surface area contributed by atoms with Gasteiger partial charge in [-0.25, -0.2) is 4.79 Å². The monoisotopic (exact) mass is 296 g/mol. The van der Waals surface area contributed by atoms with Crippen LogP contribution in [0.3, 0.4) is 0 Å². The number of hydrogen-bond donors (Lipinski definition) is 0. The second kappa shape index (κ2) is 5.52. The summed E-state index contributed by atoms with van der Waals surface area (Å²) in [4.78, 5) is 23.6. The van der Waals surface area contributed by atoms with E-state index in [1.165, 1.54) is 17.7 Å². The third-order valence-electron chi connectivity index (χ3n) is 3.75. The zero-order chi connectivity index (χ0) is 15.7. The largest absolute Gasteiger partial charge is 0.487 e. The molecule has 5 nitrogen and oxygen atoms in total. The van der Waals surface area contributed by atoms with Crippen molar-refractivity contribution in [3.05, 3.63) is 75.1 Å². The van der Waals surface area contributed by atoms with Crippen LogP contribution >= 0.6 is 0 Å². The highest BCUT2D eigenvalue weighted by atomic mass is 16.5. The fraction of sp³-hybridized carbons (Fsp3) is 0.176. The molecule has 0 atom stereocenters. The van der Waals surface area contributed by atoms with E-state index in [0.29, 0.717) is 5.69 Å². The van der Waals surface area contributed by atoms with E-state index in [1.807, 2.05) is 42.5 Å². The lowest BCUT2D eigenvalue weighted by Gasteiger charge is -2.12. The Morgan fingerprint density at radius 2 is 1.68 bits per heavy atom. The van der Waals surface area contributed by atoms with Crippen LogP contribution in [0.15, 0.2) is 58.1 Å². The zero-order valence-corrected chi connectivity index (χ0v) is 12.4. The highest BCUT2D eigenvalue weighted by Gasteiger charge is 2.07. The summed E-state index contributed by atoms with van der Waals surface area (Å²) >= 11 is 0. The van der Waals surface area contributed by atoms with E-state index in [4.69, 9.17) is 4.74 Å². The maximum Gasteiger partial charge on any atom is 0.330 e. The van der Waals surface area contributed by atoms with Gasteiger partial charge in [-0.2, -0.15) is 0 Å². The van der Waals surface area contributed by atoms with Gasteiger partial charge in [0.2, 0.25) is 0 Å². The second-order valence-electron chi connectivity index (χ2n) is 5.14. The Kier molecular flexibility index (Phi) is 3.55. The fourth-order valence-electron chi connectivity index (χ4n) is 2.39. The highest BCUT2D eigenvalue weighted by molar-refractivity contribution is 5.88. The zero-order valence-electron chi connectivity index (χ0n) is 12.4. The summed E-state index contributed by atoms with van der Waals surface area (Å²) in [6.07, 6.45) is 0. The summed E-state index contributed by atoms with van der Waals surface area (Å²) in [6, 6.07) is 15.1. The Hall–Kier alpha value is -2.82. The van der Waals surface area contributed by atoms with Gasteiger partial charge in [0.15, 0.2) is 0 Å². The van der Waals surface area contributed by atoms with Gasteiger partial charge in [0.25, 0.3) is 5.56 Å². The topological polar surface area (TPSA) is 53.2 Å². The molecule has 3 aromatic rings. The number of ether oxygens (including phenoxy) is 1. The van der Waals surface area contributed by atoms with Crippen molar-refractivity contribution in [2.24, 2.45) is 14.1 Å². The molecule has 0 saturated carbocycles. The lowest BCUT2D eigenvalue weighted by Crippen LogP contribution is -2.38. The summed E-state index contributed by atoms with van der Waals surface area (Å²) in [5.74, 6) is 0.728. The average Bonchev–Trinajstić information content (AvgIpc) is 2.55. The van der Waals surface area contributed by atoms with Crippen LogP contribution in [-0.4, -0.2) is 9.13 Å².